The molecule has 1 aromatic carbocycles. The van der Waals surface area contributed by atoms with Crippen LogP contribution in [-0.2, 0) is 0 Å². The maximum atomic E-state index is 6.01. The van der Waals surface area contributed by atoms with E-state index in [1.54, 1.807) is 18.3 Å². The molecule has 2 aromatic rings. The van der Waals surface area contributed by atoms with Crippen molar-refractivity contribution in [3.05, 3.63) is 35.5 Å². The summed E-state index contributed by atoms with van der Waals surface area (Å²) >= 11 is 6.01. The molecular formula is C10H9ClN4. The molecule has 0 amide bonds. The lowest BCUT2D eigenvalue weighted by atomic mass is 10.2. The molecule has 0 bridgehead atoms. The van der Waals surface area contributed by atoms with E-state index in [0.29, 0.717) is 16.2 Å². The van der Waals surface area contributed by atoms with Gasteiger partial charge in [-0.2, -0.15) is 0 Å². The Hall–Kier alpha value is -1.81. The van der Waals surface area contributed by atoms with Crippen LogP contribution in [0.15, 0.2) is 35.5 Å². The van der Waals surface area contributed by atoms with Gasteiger partial charge in [-0.05, 0) is 24.3 Å². The van der Waals surface area contributed by atoms with Gasteiger partial charge in [0, 0.05) is 11.6 Å². The number of benzene rings is 1. The van der Waals surface area contributed by atoms with Gasteiger partial charge >= 0.3 is 0 Å². The number of rotatable bonds is 1. The van der Waals surface area contributed by atoms with Crippen molar-refractivity contribution in [2.75, 3.05) is 0 Å². The van der Waals surface area contributed by atoms with Crippen molar-refractivity contribution < 1.29 is 0 Å². The standard InChI is InChI=1S/C10H9ClN4/c11-7-3-4-8(15-10(12)13)9-6(7)2-1-5-14-9/h1-5H,(H4,12,13,15). The molecule has 15 heavy (non-hydrogen) atoms. The van der Waals surface area contributed by atoms with Crippen molar-refractivity contribution in [2.45, 2.75) is 0 Å². The maximum Gasteiger partial charge on any atom is 0.191 e. The lowest BCUT2D eigenvalue weighted by molar-refractivity contribution is 1.37. The van der Waals surface area contributed by atoms with E-state index in [4.69, 9.17) is 23.1 Å². The summed E-state index contributed by atoms with van der Waals surface area (Å²) in [5.41, 5.74) is 12.0. The first-order valence-electron chi connectivity index (χ1n) is 4.31. The summed E-state index contributed by atoms with van der Waals surface area (Å²) in [5, 5.41) is 1.47. The van der Waals surface area contributed by atoms with E-state index < -0.39 is 0 Å². The molecule has 0 aliphatic heterocycles. The third-order valence-corrected chi connectivity index (χ3v) is 2.27. The molecule has 2 rings (SSSR count). The number of guanidine groups is 1. The van der Waals surface area contributed by atoms with Crippen molar-refractivity contribution in [3.8, 4) is 0 Å². The van der Waals surface area contributed by atoms with E-state index in [1.807, 2.05) is 12.1 Å². The van der Waals surface area contributed by atoms with Crippen LogP contribution in [0.4, 0.5) is 5.69 Å². The Kier molecular flexibility index (Phi) is 2.43. The van der Waals surface area contributed by atoms with E-state index in [-0.39, 0.29) is 5.96 Å². The van der Waals surface area contributed by atoms with E-state index >= 15 is 0 Å². The number of nitrogens with two attached hydrogens (primary N) is 2. The highest BCUT2D eigenvalue weighted by Gasteiger charge is 2.04. The zero-order valence-corrected chi connectivity index (χ0v) is 8.57. The molecule has 0 saturated carbocycles. The number of aromatic nitrogens is 1. The van der Waals surface area contributed by atoms with E-state index in [0.717, 1.165) is 5.39 Å². The Balaban J connectivity index is 2.77. The molecule has 5 heteroatoms. The number of fused-ring (bicyclic) bond motifs is 1. The third-order valence-electron chi connectivity index (χ3n) is 1.94. The largest absolute Gasteiger partial charge is 0.370 e. The van der Waals surface area contributed by atoms with E-state index in [2.05, 4.69) is 9.98 Å². The molecule has 4 nitrogen and oxygen atoms in total. The number of nitrogens with zero attached hydrogens (tertiary/aromatic N) is 2. The summed E-state index contributed by atoms with van der Waals surface area (Å²) in [6.07, 6.45) is 1.67. The van der Waals surface area contributed by atoms with Crippen LogP contribution < -0.4 is 11.5 Å². The molecule has 0 fully saturated rings. The monoisotopic (exact) mass is 220 g/mol. The van der Waals surface area contributed by atoms with E-state index in [1.165, 1.54) is 0 Å². The van der Waals surface area contributed by atoms with Gasteiger partial charge < -0.3 is 11.5 Å². The Labute approximate surface area is 91.6 Å². The van der Waals surface area contributed by atoms with Gasteiger partial charge in [0.1, 0.15) is 0 Å². The van der Waals surface area contributed by atoms with Crippen LogP contribution >= 0.6 is 11.6 Å². The molecule has 4 N–H and O–H groups in total. The van der Waals surface area contributed by atoms with Crippen molar-refractivity contribution >= 4 is 34.2 Å². The van der Waals surface area contributed by atoms with E-state index in [9.17, 15) is 0 Å². The Bertz CT molecular complexity index is 532. The molecule has 0 saturated heterocycles. The summed E-state index contributed by atoms with van der Waals surface area (Å²) in [4.78, 5) is 8.17. The van der Waals surface area contributed by atoms with Crippen molar-refractivity contribution in [1.29, 1.82) is 0 Å². The second kappa shape index (κ2) is 3.74. The second-order valence-electron chi connectivity index (χ2n) is 3.00. The van der Waals surface area contributed by atoms with Crippen LogP contribution in [0.5, 0.6) is 0 Å². The van der Waals surface area contributed by atoms with Crippen LogP contribution in [-0.4, -0.2) is 10.9 Å². The van der Waals surface area contributed by atoms with Gasteiger partial charge in [0.15, 0.2) is 5.96 Å². The predicted octanol–water partition coefficient (Wildman–Crippen LogP) is 1.79. The first-order valence-corrected chi connectivity index (χ1v) is 4.69. The summed E-state index contributed by atoms with van der Waals surface area (Å²) in [7, 11) is 0. The first-order chi connectivity index (χ1) is 7.18. The lowest BCUT2D eigenvalue weighted by Crippen LogP contribution is -2.21. The number of hydrogen-bond donors (Lipinski definition) is 2. The lowest BCUT2D eigenvalue weighted by Gasteiger charge is -2.02. The minimum absolute atomic E-state index is 0.00396. The minimum atomic E-state index is 0.00396. The summed E-state index contributed by atoms with van der Waals surface area (Å²) < 4.78 is 0. The first kappa shape index (κ1) is 9.73. The molecule has 0 atom stereocenters. The number of pyridine rings is 1. The maximum absolute atomic E-state index is 6.01. The molecule has 1 aromatic heterocycles. The topological polar surface area (TPSA) is 77.3 Å². The fraction of sp³-hybridized carbons (Fsp3) is 0. The molecule has 0 unspecified atom stereocenters. The van der Waals surface area contributed by atoms with Gasteiger partial charge in [-0.1, -0.05) is 11.6 Å². The zero-order chi connectivity index (χ0) is 10.8. The van der Waals surface area contributed by atoms with Crippen LogP contribution in [0.2, 0.25) is 5.02 Å². The molecule has 1 heterocycles. The Morgan fingerprint density at radius 3 is 2.80 bits per heavy atom. The highest BCUT2D eigenvalue weighted by Crippen LogP contribution is 2.29. The summed E-state index contributed by atoms with van der Waals surface area (Å²) in [6.45, 7) is 0. The average Bonchev–Trinajstić information content (AvgIpc) is 2.22. The van der Waals surface area contributed by atoms with Gasteiger partial charge in [0.25, 0.3) is 0 Å². The van der Waals surface area contributed by atoms with Crippen molar-refractivity contribution in [1.82, 2.24) is 4.98 Å². The second-order valence-corrected chi connectivity index (χ2v) is 3.41. The molecule has 0 radical (unpaired) electrons. The van der Waals surface area contributed by atoms with Crippen LogP contribution in [0, 0.1) is 0 Å². The predicted molar refractivity (Wildman–Crippen MR) is 62.2 cm³/mol. The average molecular weight is 221 g/mol. The van der Waals surface area contributed by atoms with Crippen molar-refractivity contribution in [3.63, 3.8) is 0 Å². The highest BCUT2D eigenvalue weighted by atomic mass is 35.5. The number of hydrogen-bond acceptors (Lipinski definition) is 2. The Morgan fingerprint density at radius 1 is 1.27 bits per heavy atom. The fourth-order valence-electron chi connectivity index (χ4n) is 1.35. The molecule has 0 aliphatic carbocycles. The van der Waals surface area contributed by atoms with Crippen molar-refractivity contribution in [2.24, 2.45) is 16.5 Å². The highest BCUT2D eigenvalue weighted by molar-refractivity contribution is 6.35. The van der Waals surface area contributed by atoms with Gasteiger partial charge in [-0.3, -0.25) is 4.98 Å². The number of aliphatic imine (C=N–C) groups is 1. The molecule has 0 aliphatic rings. The summed E-state index contributed by atoms with van der Waals surface area (Å²) in [5.74, 6) is 0.00396. The zero-order valence-electron chi connectivity index (χ0n) is 7.81. The SMILES string of the molecule is NC(N)=Nc1ccc(Cl)c2cccnc12. The van der Waals surface area contributed by atoms with Crippen LogP contribution in [0.25, 0.3) is 10.9 Å². The molecular weight excluding hydrogens is 212 g/mol. The van der Waals surface area contributed by atoms with Gasteiger partial charge in [0.2, 0.25) is 0 Å². The van der Waals surface area contributed by atoms with Crippen LogP contribution in [0.3, 0.4) is 0 Å². The van der Waals surface area contributed by atoms with Gasteiger partial charge in [-0.25, -0.2) is 4.99 Å². The Morgan fingerprint density at radius 2 is 2.07 bits per heavy atom. The molecule has 0 spiro atoms. The normalized spacial score (nSPS) is 10.2. The fourth-order valence-corrected chi connectivity index (χ4v) is 1.57. The van der Waals surface area contributed by atoms with Gasteiger partial charge in [0.05, 0.1) is 16.2 Å². The minimum Gasteiger partial charge on any atom is -0.370 e. The number of halogens is 1. The third kappa shape index (κ3) is 1.85. The summed E-state index contributed by atoms with van der Waals surface area (Å²) in [6, 6.07) is 7.16. The molecule has 76 valence electrons. The van der Waals surface area contributed by atoms with Crippen LogP contribution in [0.1, 0.15) is 0 Å². The quantitative estimate of drug-likeness (QED) is 0.568. The smallest absolute Gasteiger partial charge is 0.191 e. The van der Waals surface area contributed by atoms with Gasteiger partial charge in [-0.15, -0.1) is 0 Å².